The molecule has 2 rings (SSSR count). The van der Waals surface area contributed by atoms with Gasteiger partial charge in [-0.1, -0.05) is 0 Å². The third-order valence-corrected chi connectivity index (χ3v) is 3.37. The minimum atomic E-state index is -1.09. The maximum Gasteiger partial charge on any atom is 0.344 e. The number of nitro benzene ring substituents is 2. The monoisotopic (exact) mass is 384 g/mol. The first-order valence-corrected chi connectivity index (χ1v) is 6.69. The lowest BCUT2D eigenvalue weighted by Crippen LogP contribution is -2.10. The van der Waals surface area contributed by atoms with E-state index in [-0.39, 0.29) is 15.7 Å². The molecule has 0 unspecified atom stereocenters. The van der Waals surface area contributed by atoms with Crippen LogP contribution < -0.4 is 4.74 Å². The molecule has 0 saturated heterocycles. The third kappa shape index (κ3) is 3.66. The van der Waals surface area contributed by atoms with Crippen LogP contribution in [0, 0.1) is 26.0 Å². The van der Waals surface area contributed by atoms with Crippen molar-refractivity contribution in [2.24, 2.45) is 0 Å². The molecule has 0 atom stereocenters. The molecule has 0 spiro atoms. The minimum absolute atomic E-state index is 0.149. The molecule has 2 aromatic rings. The van der Waals surface area contributed by atoms with Gasteiger partial charge in [-0.05, 0) is 34.1 Å². The van der Waals surface area contributed by atoms with Gasteiger partial charge in [0.25, 0.3) is 5.69 Å². The normalized spacial score (nSPS) is 10.2. The van der Waals surface area contributed by atoms with Crippen molar-refractivity contribution in [1.82, 2.24) is 0 Å². The average molecular weight is 385 g/mol. The standard InChI is InChI=1S/C13H6BrFN2O6/c14-9-3-1-7(5-11(9)17(21)22)13(18)23-12-6-8(15)2-4-10(12)16(19)20/h1-6H. The molecule has 0 aliphatic heterocycles. The van der Waals surface area contributed by atoms with Gasteiger partial charge in [-0.2, -0.15) is 0 Å². The molecule has 0 aromatic heterocycles. The van der Waals surface area contributed by atoms with Gasteiger partial charge >= 0.3 is 11.7 Å². The van der Waals surface area contributed by atoms with Crippen molar-refractivity contribution in [1.29, 1.82) is 0 Å². The summed E-state index contributed by atoms with van der Waals surface area (Å²) in [5.41, 5.74) is -1.20. The van der Waals surface area contributed by atoms with E-state index in [0.717, 1.165) is 18.2 Å². The number of rotatable bonds is 4. The number of carbonyl (C=O) groups excluding carboxylic acids is 1. The summed E-state index contributed by atoms with van der Waals surface area (Å²) in [6.07, 6.45) is 0. The van der Waals surface area contributed by atoms with Crippen LogP contribution in [-0.2, 0) is 0 Å². The molecule has 8 nitrogen and oxygen atoms in total. The van der Waals surface area contributed by atoms with Crippen molar-refractivity contribution in [3.05, 3.63) is 72.5 Å². The number of carbonyl (C=O) groups is 1. The van der Waals surface area contributed by atoms with Crippen LogP contribution in [0.5, 0.6) is 5.75 Å². The first-order valence-electron chi connectivity index (χ1n) is 5.89. The van der Waals surface area contributed by atoms with E-state index >= 15 is 0 Å². The third-order valence-electron chi connectivity index (χ3n) is 2.70. The van der Waals surface area contributed by atoms with Crippen LogP contribution in [0.2, 0.25) is 0 Å². The summed E-state index contributed by atoms with van der Waals surface area (Å²) >= 11 is 2.95. The Morgan fingerprint density at radius 1 is 1.04 bits per heavy atom. The van der Waals surface area contributed by atoms with Crippen LogP contribution in [0.25, 0.3) is 0 Å². The van der Waals surface area contributed by atoms with Gasteiger partial charge < -0.3 is 4.74 Å². The summed E-state index contributed by atoms with van der Waals surface area (Å²) in [4.78, 5) is 32.1. The number of ether oxygens (including phenoxy) is 1. The Morgan fingerprint density at radius 3 is 2.30 bits per heavy atom. The second kappa shape index (κ2) is 6.48. The quantitative estimate of drug-likeness (QED) is 0.344. The van der Waals surface area contributed by atoms with Gasteiger partial charge in [0.05, 0.1) is 19.9 Å². The zero-order valence-electron chi connectivity index (χ0n) is 11.1. The number of halogens is 2. The van der Waals surface area contributed by atoms with E-state index in [0.29, 0.717) is 6.07 Å². The summed E-state index contributed by atoms with van der Waals surface area (Å²) in [7, 11) is 0. The van der Waals surface area contributed by atoms with Crippen molar-refractivity contribution in [3.63, 3.8) is 0 Å². The van der Waals surface area contributed by atoms with E-state index < -0.39 is 33.1 Å². The molecule has 0 radical (unpaired) electrons. The Balaban J connectivity index is 2.37. The molecule has 0 N–H and O–H groups in total. The van der Waals surface area contributed by atoms with E-state index in [1.165, 1.54) is 12.1 Å². The molecule has 10 heteroatoms. The zero-order chi connectivity index (χ0) is 17.1. The molecular formula is C13H6BrFN2O6. The van der Waals surface area contributed by atoms with Gasteiger partial charge in [0.2, 0.25) is 5.75 Å². The molecule has 23 heavy (non-hydrogen) atoms. The van der Waals surface area contributed by atoms with Crippen LogP contribution >= 0.6 is 15.9 Å². The number of nitro groups is 2. The van der Waals surface area contributed by atoms with Crippen LogP contribution in [0.1, 0.15) is 10.4 Å². The van der Waals surface area contributed by atoms with E-state index in [1.807, 2.05) is 0 Å². The van der Waals surface area contributed by atoms with Crippen molar-refractivity contribution >= 4 is 33.3 Å². The highest BCUT2D eigenvalue weighted by atomic mass is 79.9. The molecule has 0 amide bonds. The highest BCUT2D eigenvalue weighted by molar-refractivity contribution is 9.10. The van der Waals surface area contributed by atoms with Gasteiger partial charge in [0.1, 0.15) is 5.82 Å². The second-order valence-electron chi connectivity index (χ2n) is 4.18. The highest BCUT2D eigenvalue weighted by Gasteiger charge is 2.22. The summed E-state index contributed by atoms with van der Waals surface area (Å²) in [6, 6.07) is 5.81. The predicted molar refractivity (Wildman–Crippen MR) is 78.8 cm³/mol. The SMILES string of the molecule is O=C(Oc1cc(F)ccc1[N+](=O)[O-])c1ccc(Br)c([N+](=O)[O-])c1. The summed E-state index contributed by atoms with van der Waals surface area (Å²) in [5.74, 6) is -2.51. The van der Waals surface area contributed by atoms with Crippen molar-refractivity contribution in [2.45, 2.75) is 0 Å². The van der Waals surface area contributed by atoms with Crippen molar-refractivity contribution < 1.29 is 23.8 Å². The summed E-state index contributed by atoms with van der Waals surface area (Å²) in [6.45, 7) is 0. The molecule has 0 aliphatic rings. The van der Waals surface area contributed by atoms with Crippen LogP contribution in [-0.4, -0.2) is 15.8 Å². The molecule has 0 heterocycles. The summed E-state index contributed by atoms with van der Waals surface area (Å²) in [5, 5.41) is 21.7. The molecule has 0 fully saturated rings. The van der Waals surface area contributed by atoms with Crippen LogP contribution in [0.15, 0.2) is 40.9 Å². The summed E-state index contributed by atoms with van der Waals surface area (Å²) < 4.78 is 18.1. The van der Waals surface area contributed by atoms with Gasteiger partial charge in [0, 0.05) is 18.2 Å². The van der Waals surface area contributed by atoms with E-state index in [9.17, 15) is 29.4 Å². The van der Waals surface area contributed by atoms with E-state index in [1.54, 1.807) is 0 Å². The largest absolute Gasteiger partial charge is 0.415 e. The van der Waals surface area contributed by atoms with Gasteiger partial charge in [-0.3, -0.25) is 20.2 Å². The first-order chi connectivity index (χ1) is 10.8. The van der Waals surface area contributed by atoms with Gasteiger partial charge in [0.15, 0.2) is 0 Å². The average Bonchev–Trinajstić information content (AvgIpc) is 2.46. The molecule has 118 valence electrons. The fourth-order valence-corrected chi connectivity index (χ4v) is 2.05. The maximum atomic E-state index is 13.2. The number of esters is 1. The number of hydrogen-bond acceptors (Lipinski definition) is 6. The number of nitrogens with zero attached hydrogens (tertiary/aromatic N) is 2. The highest BCUT2D eigenvalue weighted by Crippen LogP contribution is 2.30. The lowest BCUT2D eigenvalue weighted by atomic mass is 10.2. The van der Waals surface area contributed by atoms with Gasteiger partial charge in [-0.25, -0.2) is 9.18 Å². The lowest BCUT2D eigenvalue weighted by Gasteiger charge is -2.05. The smallest absolute Gasteiger partial charge is 0.344 e. The Bertz CT molecular complexity index is 826. The Kier molecular flexibility index (Phi) is 4.65. The van der Waals surface area contributed by atoms with Crippen molar-refractivity contribution in [2.75, 3.05) is 0 Å². The van der Waals surface area contributed by atoms with Crippen LogP contribution in [0.3, 0.4) is 0 Å². The number of benzene rings is 2. The molecular weight excluding hydrogens is 379 g/mol. The predicted octanol–water partition coefficient (Wildman–Crippen LogP) is 3.62. The minimum Gasteiger partial charge on any atom is -0.415 e. The molecule has 0 saturated carbocycles. The molecule has 0 aliphatic carbocycles. The second-order valence-corrected chi connectivity index (χ2v) is 5.04. The molecule has 2 aromatic carbocycles. The van der Waals surface area contributed by atoms with E-state index in [2.05, 4.69) is 15.9 Å². The number of hydrogen-bond donors (Lipinski definition) is 0. The Labute approximate surface area is 135 Å². The Morgan fingerprint density at radius 2 is 1.70 bits per heavy atom. The zero-order valence-corrected chi connectivity index (χ0v) is 12.6. The topological polar surface area (TPSA) is 113 Å². The van der Waals surface area contributed by atoms with E-state index in [4.69, 9.17) is 4.74 Å². The van der Waals surface area contributed by atoms with Crippen LogP contribution in [0.4, 0.5) is 15.8 Å². The fourth-order valence-electron chi connectivity index (χ4n) is 1.66. The van der Waals surface area contributed by atoms with Gasteiger partial charge in [-0.15, -0.1) is 0 Å². The Hall–Kier alpha value is -2.88. The fraction of sp³-hybridized carbons (Fsp3) is 0. The van der Waals surface area contributed by atoms with Crippen molar-refractivity contribution in [3.8, 4) is 5.75 Å². The maximum absolute atomic E-state index is 13.2. The lowest BCUT2D eigenvalue weighted by molar-refractivity contribution is -0.385. The molecule has 0 bridgehead atoms. The first kappa shape index (κ1) is 16.5.